The molecule has 0 amide bonds. The van der Waals surface area contributed by atoms with Gasteiger partial charge in [0.1, 0.15) is 11.4 Å². The van der Waals surface area contributed by atoms with Crippen LogP contribution in [0.3, 0.4) is 0 Å². The second kappa shape index (κ2) is 5.35. The second-order valence-electron chi connectivity index (χ2n) is 5.09. The molecule has 1 atom stereocenters. The van der Waals surface area contributed by atoms with Crippen molar-refractivity contribution in [2.45, 2.75) is 39.4 Å². The van der Waals surface area contributed by atoms with Gasteiger partial charge in [-0.25, -0.2) is 5.43 Å². The standard InChI is InChI=1S/C14H21N3OS/c1-5-18-12-8-6-11(7-9-12)14(4)15-13(19)17(16-14)10(2)3/h6-10,16H,5H2,1-4H3,(H,15,19)/t14-/m1/s1. The van der Waals surface area contributed by atoms with E-state index in [1.807, 2.05) is 24.1 Å². The summed E-state index contributed by atoms with van der Waals surface area (Å²) in [5, 5.41) is 6.04. The smallest absolute Gasteiger partial charge is 0.185 e. The van der Waals surface area contributed by atoms with Gasteiger partial charge in [0.2, 0.25) is 0 Å². The van der Waals surface area contributed by atoms with Crippen LogP contribution in [-0.2, 0) is 5.66 Å². The summed E-state index contributed by atoms with van der Waals surface area (Å²) in [4.78, 5) is 0. The van der Waals surface area contributed by atoms with Crippen molar-refractivity contribution >= 4 is 17.3 Å². The zero-order chi connectivity index (χ0) is 14.0. The Morgan fingerprint density at radius 3 is 2.42 bits per heavy atom. The Hall–Kier alpha value is -1.33. The van der Waals surface area contributed by atoms with Gasteiger partial charge >= 0.3 is 0 Å². The van der Waals surface area contributed by atoms with E-state index in [1.54, 1.807) is 0 Å². The number of nitrogens with zero attached hydrogens (tertiary/aromatic N) is 1. The van der Waals surface area contributed by atoms with Gasteiger partial charge in [-0.1, -0.05) is 12.1 Å². The first-order valence-corrected chi connectivity index (χ1v) is 6.99. The lowest BCUT2D eigenvalue weighted by Gasteiger charge is -2.27. The predicted molar refractivity (Wildman–Crippen MR) is 80.8 cm³/mol. The van der Waals surface area contributed by atoms with E-state index in [2.05, 4.69) is 43.6 Å². The number of hydrogen-bond acceptors (Lipinski definition) is 3. The molecule has 1 aliphatic heterocycles. The summed E-state index contributed by atoms with van der Waals surface area (Å²) in [6.07, 6.45) is 0. The van der Waals surface area contributed by atoms with Crippen LogP contribution in [0.25, 0.3) is 0 Å². The lowest BCUT2D eigenvalue weighted by atomic mass is 10.0. The summed E-state index contributed by atoms with van der Waals surface area (Å²) in [7, 11) is 0. The van der Waals surface area contributed by atoms with Crippen molar-refractivity contribution in [3.05, 3.63) is 29.8 Å². The zero-order valence-corrected chi connectivity index (χ0v) is 12.7. The van der Waals surface area contributed by atoms with Crippen molar-refractivity contribution in [2.75, 3.05) is 6.61 Å². The van der Waals surface area contributed by atoms with Crippen LogP contribution in [0.15, 0.2) is 24.3 Å². The van der Waals surface area contributed by atoms with Crippen LogP contribution in [0.5, 0.6) is 5.75 Å². The number of ether oxygens (including phenoxy) is 1. The molecule has 19 heavy (non-hydrogen) atoms. The minimum Gasteiger partial charge on any atom is -0.494 e. The van der Waals surface area contributed by atoms with Crippen molar-refractivity contribution < 1.29 is 4.74 Å². The van der Waals surface area contributed by atoms with E-state index in [1.165, 1.54) is 0 Å². The van der Waals surface area contributed by atoms with Gasteiger partial charge in [-0.05, 0) is 57.6 Å². The van der Waals surface area contributed by atoms with E-state index in [4.69, 9.17) is 17.0 Å². The monoisotopic (exact) mass is 279 g/mol. The molecule has 1 aromatic rings. The van der Waals surface area contributed by atoms with Crippen LogP contribution >= 0.6 is 12.2 Å². The fraction of sp³-hybridized carbons (Fsp3) is 0.500. The molecule has 1 heterocycles. The van der Waals surface area contributed by atoms with Crippen LogP contribution < -0.4 is 15.5 Å². The summed E-state index contributed by atoms with van der Waals surface area (Å²) >= 11 is 5.36. The topological polar surface area (TPSA) is 36.5 Å². The van der Waals surface area contributed by atoms with Crippen LogP contribution in [-0.4, -0.2) is 22.8 Å². The largest absolute Gasteiger partial charge is 0.494 e. The maximum atomic E-state index is 5.46. The lowest BCUT2D eigenvalue weighted by Crippen LogP contribution is -2.47. The highest BCUT2D eigenvalue weighted by atomic mass is 32.1. The third kappa shape index (κ3) is 2.82. The minimum absolute atomic E-state index is 0.310. The molecule has 1 saturated heterocycles. The summed E-state index contributed by atoms with van der Waals surface area (Å²) in [6, 6.07) is 8.38. The number of thiocarbonyl (C=S) groups is 1. The first-order valence-electron chi connectivity index (χ1n) is 6.59. The summed E-state index contributed by atoms with van der Waals surface area (Å²) in [5.41, 5.74) is 4.18. The number of nitrogens with one attached hydrogen (secondary N) is 2. The molecule has 1 aliphatic rings. The van der Waals surface area contributed by atoms with Gasteiger partial charge < -0.3 is 10.1 Å². The average molecular weight is 279 g/mol. The molecule has 0 spiro atoms. The van der Waals surface area contributed by atoms with Crippen LogP contribution in [0.2, 0.25) is 0 Å². The number of rotatable bonds is 4. The molecular formula is C14H21N3OS. The van der Waals surface area contributed by atoms with Crippen LogP contribution in [0.4, 0.5) is 0 Å². The van der Waals surface area contributed by atoms with Gasteiger partial charge in [-0.2, -0.15) is 0 Å². The molecule has 0 aliphatic carbocycles. The van der Waals surface area contributed by atoms with Gasteiger partial charge in [0.25, 0.3) is 0 Å². The molecule has 1 fully saturated rings. The van der Waals surface area contributed by atoms with Gasteiger partial charge in [-0.15, -0.1) is 0 Å². The molecule has 4 nitrogen and oxygen atoms in total. The summed E-state index contributed by atoms with van der Waals surface area (Å²) < 4.78 is 5.46. The van der Waals surface area contributed by atoms with Crippen LogP contribution in [0, 0.1) is 0 Å². The molecule has 0 saturated carbocycles. The molecule has 0 aromatic heterocycles. The van der Waals surface area contributed by atoms with Crippen LogP contribution in [0.1, 0.15) is 33.3 Å². The molecule has 5 heteroatoms. The highest BCUT2D eigenvalue weighted by Gasteiger charge is 2.38. The average Bonchev–Trinajstić information content (AvgIpc) is 2.67. The predicted octanol–water partition coefficient (Wildman–Crippen LogP) is 2.36. The van der Waals surface area contributed by atoms with Crippen molar-refractivity contribution in [3.8, 4) is 5.75 Å². The van der Waals surface area contributed by atoms with Gasteiger partial charge in [0.15, 0.2) is 5.11 Å². The molecule has 1 aromatic carbocycles. The van der Waals surface area contributed by atoms with E-state index in [0.29, 0.717) is 12.6 Å². The SMILES string of the molecule is CCOc1ccc([C@]2(C)NC(=S)N(C(C)C)N2)cc1. The van der Waals surface area contributed by atoms with Crippen molar-refractivity contribution in [1.29, 1.82) is 0 Å². The Morgan fingerprint density at radius 1 is 1.32 bits per heavy atom. The second-order valence-corrected chi connectivity index (χ2v) is 5.47. The number of benzene rings is 1. The first-order chi connectivity index (χ1) is 8.96. The summed E-state index contributed by atoms with van der Waals surface area (Å²) in [5.74, 6) is 0.885. The molecule has 0 bridgehead atoms. The maximum absolute atomic E-state index is 5.46. The third-order valence-electron chi connectivity index (χ3n) is 3.18. The number of hydrazine groups is 1. The van der Waals surface area contributed by atoms with Gasteiger partial charge in [0.05, 0.1) is 6.61 Å². The van der Waals surface area contributed by atoms with E-state index in [0.717, 1.165) is 16.4 Å². The van der Waals surface area contributed by atoms with E-state index >= 15 is 0 Å². The quantitative estimate of drug-likeness (QED) is 0.828. The Bertz CT molecular complexity index is 460. The normalized spacial score (nSPS) is 22.8. The Morgan fingerprint density at radius 2 is 1.95 bits per heavy atom. The highest BCUT2D eigenvalue weighted by molar-refractivity contribution is 7.80. The third-order valence-corrected chi connectivity index (χ3v) is 3.48. The molecule has 2 N–H and O–H groups in total. The fourth-order valence-electron chi connectivity index (χ4n) is 2.15. The van der Waals surface area contributed by atoms with Crippen molar-refractivity contribution in [1.82, 2.24) is 15.8 Å². The molecule has 0 unspecified atom stereocenters. The highest BCUT2D eigenvalue weighted by Crippen LogP contribution is 2.25. The first kappa shape index (κ1) is 14.1. The number of hydrogen-bond donors (Lipinski definition) is 2. The lowest BCUT2D eigenvalue weighted by molar-refractivity contribution is 0.202. The van der Waals surface area contributed by atoms with Crippen molar-refractivity contribution in [2.24, 2.45) is 0 Å². The molecule has 0 radical (unpaired) electrons. The van der Waals surface area contributed by atoms with Crippen molar-refractivity contribution in [3.63, 3.8) is 0 Å². The fourth-order valence-corrected chi connectivity index (χ4v) is 2.61. The van der Waals surface area contributed by atoms with Gasteiger partial charge in [0, 0.05) is 6.04 Å². The van der Waals surface area contributed by atoms with E-state index in [9.17, 15) is 0 Å². The Kier molecular flexibility index (Phi) is 3.96. The van der Waals surface area contributed by atoms with Gasteiger partial charge in [-0.3, -0.25) is 5.01 Å². The maximum Gasteiger partial charge on any atom is 0.185 e. The molecule has 104 valence electrons. The summed E-state index contributed by atoms with van der Waals surface area (Å²) in [6.45, 7) is 8.94. The zero-order valence-electron chi connectivity index (χ0n) is 11.9. The molecule has 2 rings (SSSR count). The Balaban J connectivity index is 2.19. The Labute approximate surface area is 120 Å². The van der Waals surface area contributed by atoms with E-state index < -0.39 is 0 Å². The molecular weight excluding hydrogens is 258 g/mol. The van der Waals surface area contributed by atoms with E-state index in [-0.39, 0.29) is 5.66 Å². The minimum atomic E-state index is -0.369.